The van der Waals surface area contributed by atoms with Crippen molar-refractivity contribution in [2.75, 3.05) is 0 Å². The van der Waals surface area contributed by atoms with Gasteiger partial charge in [-0.15, -0.1) is 0 Å². The molecule has 0 aliphatic heterocycles. The first-order chi connectivity index (χ1) is 6.91. The van der Waals surface area contributed by atoms with E-state index in [0.717, 1.165) is 0 Å². The quantitative estimate of drug-likeness (QED) is 0.816. The summed E-state index contributed by atoms with van der Waals surface area (Å²) in [5.41, 5.74) is 5.35. The van der Waals surface area contributed by atoms with Gasteiger partial charge in [0, 0.05) is 6.42 Å². The Kier molecular flexibility index (Phi) is 3.71. The van der Waals surface area contributed by atoms with Crippen molar-refractivity contribution in [1.82, 2.24) is 0 Å². The Balaban J connectivity index is 2.61. The first kappa shape index (κ1) is 12.0. The molecule has 0 aromatic heterocycles. The van der Waals surface area contributed by atoms with Gasteiger partial charge in [0.25, 0.3) is 0 Å². The Morgan fingerprint density at radius 2 is 1.73 bits per heavy atom. The van der Waals surface area contributed by atoms with Crippen LogP contribution in [-0.4, -0.2) is 17.3 Å². The fourth-order valence-corrected chi connectivity index (χ4v) is 1.19. The first-order valence-corrected chi connectivity index (χ1v) is 4.46. The number of aliphatic hydroxyl groups is 1. The van der Waals surface area contributed by atoms with Crippen LogP contribution in [0.3, 0.4) is 0 Å². The van der Waals surface area contributed by atoms with Gasteiger partial charge < -0.3 is 10.8 Å². The molecule has 1 rings (SSSR count). The van der Waals surface area contributed by atoms with Crippen LogP contribution >= 0.6 is 0 Å². The molecule has 15 heavy (non-hydrogen) atoms. The summed E-state index contributed by atoms with van der Waals surface area (Å²) in [7, 11) is 0. The second-order valence-corrected chi connectivity index (χ2v) is 3.31. The number of hydrogen-bond donors (Lipinski definition) is 2. The molecule has 0 radical (unpaired) electrons. The number of halogens is 3. The zero-order valence-corrected chi connectivity index (χ0v) is 7.91. The molecular formula is C10H12F3NO. The van der Waals surface area contributed by atoms with E-state index in [9.17, 15) is 18.3 Å². The summed E-state index contributed by atoms with van der Waals surface area (Å²) in [5.74, 6) is 0. The van der Waals surface area contributed by atoms with Crippen molar-refractivity contribution >= 4 is 0 Å². The molecule has 0 bridgehead atoms. The van der Waals surface area contributed by atoms with Crippen molar-refractivity contribution in [3.05, 3.63) is 35.9 Å². The van der Waals surface area contributed by atoms with Crippen LogP contribution in [0, 0.1) is 0 Å². The lowest BCUT2D eigenvalue weighted by Crippen LogP contribution is -2.38. The first-order valence-electron chi connectivity index (χ1n) is 4.46. The molecule has 1 aromatic carbocycles. The van der Waals surface area contributed by atoms with Gasteiger partial charge in [-0.05, 0) is 5.56 Å². The molecule has 84 valence electrons. The van der Waals surface area contributed by atoms with E-state index in [1.54, 1.807) is 30.3 Å². The molecule has 0 fully saturated rings. The average molecular weight is 219 g/mol. The van der Waals surface area contributed by atoms with E-state index in [4.69, 9.17) is 5.73 Å². The molecule has 0 saturated carbocycles. The lowest BCUT2D eigenvalue weighted by molar-refractivity contribution is -0.153. The summed E-state index contributed by atoms with van der Waals surface area (Å²) in [5, 5.41) is 9.47. The van der Waals surface area contributed by atoms with Crippen molar-refractivity contribution in [2.24, 2.45) is 5.73 Å². The second kappa shape index (κ2) is 4.63. The molecule has 0 aliphatic rings. The van der Waals surface area contributed by atoms with Crippen molar-refractivity contribution in [3.63, 3.8) is 0 Å². The van der Waals surface area contributed by atoms with Crippen LogP contribution in [0.1, 0.15) is 18.1 Å². The number of nitrogens with two attached hydrogens (primary N) is 1. The fourth-order valence-electron chi connectivity index (χ4n) is 1.19. The van der Waals surface area contributed by atoms with Crippen LogP contribution in [0.25, 0.3) is 0 Å². The smallest absolute Gasteiger partial charge is 0.388 e. The Labute approximate surface area is 85.5 Å². The SMILES string of the molecule is N[C@@H](C[C@H](O)c1ccccc1)C(F)(F)F. The standard InChI is InChI=1S/C10H12F3NO/c11-10(12,13)9(14)6-8(15)7-4-2-1-3-5-7/h1-5,8-9,15H,6,14H2/t8-,9-/m0/s1. The number of hydrogen-bond acceptors (Lipinski definition) is 2. The van der Waals surface area contributed by atoms with E-state index >= 15 is 0 Å². The van der Waals surface area contributed by atoms with Crippen LogP contribution in [0.2, 0.25) is 0 Å². The Morgan fingerprint density at radius 3 is 2.20 bits per heavy atom. The minimum atomic E-state index is -4.46. The normalized spacial score (nSPS) is 16.1. The molecule has 0 amide bonds. The van der Waals surface area contributed by atoms with E-state index in [-0.39, 0.29) is 0 Å². The molecule has 5 heteroatoms. The number of alkyl halides is 3. The van der Waals surface area contributed by atoms with Crippen molar-refractivity contribution in [1.29, 1.82) is 0 Å². The zero-order valence-electron chi connectivity index (χ0n) is 7.91. The van der Waals surface area contributed by atoms with Crippen molar-refractivity contribution < 1.29 is 18.3 Å². The molecule has 0 heterocycles. The number of rotatable bonds is 3. The third-order valence-electron chi connectivity index (χ3n) is 2.08. The predicted octanol–water partition coefficient (Wildman–Crippen LogP) is 2.00. The molecule has 1 aromatic rings. The van der Waals surface area contributed by atoms with Crippen LogP contribution in [-0.2, 0) is 0 Å². The van der Waals surface area contributed by atoms with E-state index < -0.39 is 24.7 Å². The predicted molar refractivity (Wildman–Crippen MR) is 50.0 cm³/mol. The van der Waals surface area contributed by atoms with E-state index in [1.165, 1.54) is 0 Å². The minimum Gasteiger partial charge on any atom is -0.388 e. The van der Waals surface area contributed by atoms with E-state index in [2.05, 4.69) is 0 Å². The molecule has 2 atom stereocenters. The molecular weight excluding hydrogens is 207 g/mol. The zero-order chi connectivity index (χ0) is 11.5. The lowest BCUT2D eigenvalue weighted by Gasteiger charge is -2.19. The molecule has 0 saturated heterocycles. The largest absolute Gasteiger partial charge is 0.403 e. The summed E-state index contributed by atoms with van der Waals surface area (Å²) < 4.78 is 36.3. The Morgan fingerprint density at radius 1 is 1.20 bits per heavy atom. The highest BCUT2D eigenvalue weighted by Gasteiger charge is 2.37. The summed E-state index contributed by atoms with van der Waals surface area (Å²) >= 11 is 0. The summed E-state index contributed by atoms with van der Waals surface area (Å²) in [6, 6.07) is 6.16. The van der Waals surface area contributed by atoms with Crippen LogP contribution in [0.15, 0.2) is 30.3 Å². The summed E-state index contributed by atoms with van der Waals surface area (Å²) in [4.78, 5) is 0. The van der Waals surface area contributed by atoms with E-state index in [0.29, 0.717) is 5.56 Å². The topological polar surface area (TPSA) is 46.2 Å². The minimum absolute atomic E-state index is 0.442. The maximum atomic E-state index is 12.1. The summed E-state index contributed by atoms with van der Waals surface area (Å²) in [6.45, 7) is 0. The van der Waals surface area contributed by atoms with Crippen molar-refractivity contribution in [2.45, 2.75) is 24.7 Å². The van der Waals surface area contributed by atoms with Gasteiger partial charge in [0.1, 0.15) is 6.04 Å². The van der Waals surface area contributed by atoms with Crippen LogP contribution in [0.5, 0.6) is 0 Å². The van der Waals surface area contributed by atoms with Gasteiger partial charge in [0.05, 0.1) is 6.10 Å². The Hall–Kier alpha value is -1.07. The highest BCUT2D eigenvalue weighted by molar-refractivity contribution is 5.17. The highest BCUT2D eigenvalue weighted by atomic mass is 19.4. The van der Waals surface area contributed by atoms with Gasteiger partial charge in [0.15, 0.2) is 0 Å². The number of benzene rings is 1. The third kappa shape index (κ3) is 3.53. The third-order valence-corrected chi connectivity index (χ3v) is 2.08. The van der Waals surface area contributed by atoms with Gasteiger partial charge in [0.2, 0.25) is 0 Å². The Bertz CT molecular complexity index is 299. The van der Waals surface area contributed by atoms with Gasteiger partial charge in [-0.25, -0.2) is 0 Å². The van der Waals surface area contributed by atoms with Gasteiger partial charge in [-0.2, -0.15) is 13.2 Å². The van der Waals surface area contributed by atoms with Crippen LogP contribution < -0.4 is 5.73 Å². The molecule has 2 nitrogen and oxygen atoms in total. The van der Waals surface area contributed by atoms with E-state index in [1.807, 2.05) is 0 Å². The van der Waals surface area contributed by atoms with Gasteiger partial charge in [-0.3, -0.25) is 0 Å². The summed E-state index contributed by atoms with van der Waals surface area (Å²) in [6.07, 6.45) is -6.16. The second-order valence-electron chi connectivity index (χ2n) is 3.31. The molecule has 0 spiro atoms. The van der Waals surface area contributed by atoms with Gasteiger partial charge in [-0.1, -0.05) is 30.3 Å². The highest BCUT2D eigenvalue weighted by Crippen LogP contribution is 2.26. The molecule has 3 N–H and O–H groups in total. The van der Waals surface area contributed by atoms with Crippen molar-refractivity contribution in [3.8, 4) is 0 Å². The average Bonchev–Trinajstić information content (AvgIpc) is 2.17. The maximum Gasteiger partial charge on any atom is 0.403 e. The monoisotopic (exact) mass is 219 g/mol. The number of aliphatic hydroxyl groups excluding tert-OH is 1. The molecule has 0 unspecified atom stereocenters. The van der Waals surface area contributed by atoms with Crippen LogP contribution in [0.4, 0.5) is 13.2 Å². The van der Waals surface area contributed by atoms with Gasteiger partial charge >= 0.3 is 6.18 Å². The molecule has 0 aliphatic carbocycles. The maximum absolute atomic E-state index is 12.1. The lowest BCUT2D eigenvalue weighted by atomic mass is 10.0. The fraction of sp³-hybridized carbons (Fsp3) is 0.400.